The average molecular weight is 344 g/mol. The van der Waals surface area contributed by atoms with Crippen LogP contribution in [0.4, 0.5) is 0 Å². The second kappa shape index (κ2) is 5.74. The molecule has 0 atom stereocenters. The molecule has 1 aromatic heterocycles. The summed E-state index contributed by atoms with van der Waals surface area (Å²) in [5, 5.41) is 0.743. The SMILES string of the molecule is COc1ccc(Cn2ccc(=O)c3ccccc32)cc1Br. The summed E-state index contributed by atoms with van der Waals surface area (Å²) in [4.78, 5) is 11.9. The zero-order chi connectivity index (χ0) is 14.8. The number of pyridine rings is 1. The number of aromatic nitrogens is 1. The molecule has 0 aliphatic heterocycles. The molecule has 0 unspecified atom stereocenters. The molecule has 106 valence electrons. The van der Waals surface area contributed by atoms with Crippen LogP contribution in [0.2, 0.25) is 0 Å². The molecule has 0 spiro atoms. The maximum atomic E-state index is 11.9. The van der Waals surface area contributed by atoms with Gasteiger partial charge in [-0.1, -0.05) is 18.2 Å². The van der Waals surface area contributed by atoms with E-state index >= 15 is 0 Å². The zero-order valence-corrected chi connectivity index (χ0v) is 13.1. The number of ether oxygens (including phenoxy) is 1. The van der Waals surface area contributed by atoms with E-state index in [1.165, 1.54) is 0 Å². The Kier molecular flexibility index (Phi) is 3.80. The molecule has 2 aromatic carbocycles. The van der Waals surface area contributed by atoms with Crippen LogP contribution in [0.25, 0.3) is 10.9 Å². The number of halogens is 1. The molecule has 0 bridgehead atoms. The number of nitrogens with zero attached hydrogens (tertiary/aromatic N) is 1. The van der Waals surface area contributed by atoms with E-state index in [4.69, 9.17) is 4.74 Å². The lowest BCUT2D eigenvalue weighted by molar-refractivity contribution is 0.412. The Hall–Kier alpha value is -2.07. The van der Waals surface area contributed by atoms with Gasteiger partial charge in [-0.2, -0.15) is 0 Å². The third-order valence-electron chi connectivity index (χ3n) is 3.45. The summed E-state index contributed by atoms with van der Waals surface area (Å²) in [5.41, 5.74) is 2.13. The highest BCUT2D eigenvalue weighted by Gasteiger charge is 2.05. The van der Waals surface area contributed by atoms with E-state index in [0.29, 0.717) is 6.54 Å². The monoisotopic (exact) mass is 343 g/mol. The largest absolute Gasteiger partial charge is 0.496 e. The minimum atomic E-state index is 0.0535. The standard InChI is InChI=1S/C17H14BrNO2/c1-21-17-7-6-12(10-14(17)18)11-19-9-8-16(20)13-4-2-3-5-15(13)19/h2-10H,11H2,1H3. The molecular formula is C17H14BrNO2. The molecule has 0 fully saturated rings. The second-order valence-electron chi connectivity index (χ2n) is 4.79. The van der Waals surface area contributed by atoms with Crippen molar-refractivity contribution in [2.45, 2.75) is 6.54 Å². The molecular weight excluding hydrogens is 330 g/mol. The van der Waals surface area contributed by atoms with Crippen molar-refractivity contribution in [3.05, 3.63) is 75.0 Å². The van der Waals surface area contributed by atoms with Gasteiger partial charge in [0.2, 0.25) is 0 Å². The fourth-order valence-corrected chi connectivity index (χ4v) is 2.99. The number of benzene rings is 2. The van der Waals surface area contributed by atoms with E-state index in [1.807, 2.05) is 48.7 Å². The van der Waals surface area contributed by atoms with Gasteiger partial charge >= 0.3 is 0 Å². The van der Waals surface area contributed by atoms with Crippen molar-refractivity contribution in [1.29, 1.82) is 0 Å². The minimum absolute atomic E-state index is 0.0535. The fourth-order valence-electron chi connectivity index (χ4n) is 2.40. The van der Waals surface area contributed by atoms with Crippen molar-refractivity contribution in [2.75, 3.05) is 7.11 Å². The van der Waals surface area contributed by atoms with E-state index in [2.05, 4.69) is 20.5 Å². The van der Waals surface area contributed by atoms with Crippen LogP contribution in [-0.4, -0.2) is 11.7 Å². The van der Waals surface area contributed by atoms with Crippen LogP contribution in [0.15, 0.2) is 64.0 Å². The number of methoxy groups -OCH3 is 1. The van der Waals surface area contributed by atoms with Gasteiger partial charge in [0.1, 0.15) is 5.75 Å². The molecule has 21 heavy (non-hydrogen) atoms. The lowest BCUT2D eigenvalue weighted by Gasteiger charge is -2.12. The predicted octanol–water partition coefficient (Wildman–Crippen LogP) is 3.82. The normalized spacial score (nSPS) is 10.8. The van der Waals surface area contributed by atoms with Crippen molar-refractivity contribution in [2.24, 2.45) is 0 Å². The highest BCUT2D eigenvalue weighted by Crippen LogP contribution is 2.26. The molecule has 0 saturated carbocycles. The Bertz CT molecular complexity index is 855. The molecule has 0 saturated heterocycles. The van der Waals surface area contributed by atoms with Crippen LogP contribution in [0.5, 0.6) is 5.75 Å². The van der Waals surface area contributed by atoms with Crippen LogP contribution in [0, 0.1) is 0 Å². The summed E-state index contributed by atoms with van der Waals surface area (Å²) in [6.45, 7) is 0.698. The van der Waals surface area contributed by atoms with Gasteiger partial charge in [0.15, 0.2) is 5.43 Å². The Morgan fingerprint density at radius 2 is 1.95 bits per heavy atom. The van der Waals surface area contributed by atoms with E-state index in [0.717, 1.165) is 26.7 Å². The van der Waals surface area contributed by atoms with Crippen molar-refractivity contribution in [3.8, 4) is 5.75 Å². The third kappa shape index (κ3) is 2.72. The van der Waals surface area contributed by atoms with Crippen molar-refractivity contribution >= 4 is 26.8 Å². The van der Waals surface area contributed by atoms with E-state index < -0.39 is 0 Å². The number of para-hydroxylation sites is 1. The Labute approximate surface area is 130 Å². The predicted molar refractivity (Wildman–Crippen MR) is 88.0 cm³/mol. The molecule has 0 aliphatic carbocycles. The van der Waals surface area contributed by atoms with Gasteiger partial charge in [-0.3, -0.25) is 4.79 Å². The lowest BCUT2D eigenvalue weighted by Crippen LogP contribution is -2.08. The van der Waals surface area contributed by atoms with Gasteiger partial charge in [0.25, 0.3) is 0 Å². The van der Waals surface area contributed by atoms with Gasteiger partial charge in [-0.25, -0.2) is 0 Å². The number of rotatable bonds is 3. The zero-order valence-electron chi connectivity index (χ0n) is 11.5. The molecule has 0 radical (unpaired) electrons. The summed E-state index contributed by atoms with van der Waals surface area (Å²) in [5.74, 6) is 0.809. The van der Waals surface area contributed by atoms with Gasteiger partial charge < -0.3 is 9.30 Å². The fraction of sp³-hybridized carbons (Fsp3) is 0.118. The summed E-state index contributed by atoms with van der Waals surface area (Å²) in [6.07, 6.45) is 1.84. The maximum Gasteiger partial charge on any atom is 0.189 e. The van der Waals surface area contributed by atoms with Crippen LogP contribution < -0.4 is 10.2 Å². The second-order valence-corrected chi connectivity index (χ2v) is 5.65. The quantitative estimate of drug-likeness (QED) is 0.723. The highest BCUT2D eigenvalue weighted by atomic mass is 79.9. The Balaban J connectivity index is 2.04. The first-order valence-electron chi connectivity index (χ1n) is 6.59. The van der Waals surface area contributed by atoms with Crippen molar-refractivity contribution in [1.82, 2.24) is 4.57 Å². The van der Waals surface area contributed by atoms with E-state index in [-0.39, 0.29) is 5.43 Å². The molecule has 0 aliphatic rings. The van der Waals surface area contributed by atoms with Gasteiger partial charge in [-0.15, -0.1) is 0 Å². The number of fused-ring (bicyclic) bond motifs is 1. The average Bonchev–Trinajstić information content (AvgIpc) is 2.51. The molecule has 3 aromatic rings. The van der Waals surface area contributed by atoms with Gasteiger partial charge in [0.05, 0.1) is 17.1 Å². The maximum absolute atomic E-state index is 11.9. The molecule has 1 heterocycles. The summed E-state index contributed by atoms with van der Waals surface area (Å²) in [6, 6.07) is 15.3. The van der Waals surface area contributed by atoms with E-state index in [1.54, 1.807) is 13.2 Å². The minimum Gasteiger partial charge on any atom is -0.496 e. The Morgan fingerprint density at radius 3 is 2.71 bits per heavy atom. The lowest BCUT2D eigenvalue weighted by atomic mass is 10.1. The Morgan fingerprint density at radius 1 is 1.14 bits per heavy atom. The van der Waals surface area contributed by atoms with Gasteiger partial charge in [-0.05, 0) is 45.8 Å². The van der Waals surface area contributed by atoms with Crippen molar-refractivity contribution < 1.29 is 4.74 Å². The van der Waals surface area contributed by atoms with Crippen LogP contribution in [0.3, 0.4) is 0 Å². The molecule has 4 heteroatoms. The third-order valence-corrected chi connectivity index (χ3v) is 4.07. The highest BCUT2D eigenvalue weighted by molar-refractivity contribution is 9.10. The number of hydrogen-bond donors (Lipinski definition) is 0. The summed E-state index contributed by atoms with van der Waals surface area (Å²) < 4.78 is 8.24. The molecule has 0 N–H and O–H groups in total. The van der Waals surface area contributed by atoms with Crippen molar-refractivity contribution in [3.63, 3.8) is 0 Å². The summed E-state index contributed by atoms with van der Waals surface area (Å²) in [7, 11) is 1.65. The summed E-state index contributed by atoms with van der Waals surface area (Å²) >= 11 is 3.50. The molecule has 3 rings (SSSR count). The smallest absolute Gasteiger partial charge is 0.189 e. The van der Waals surface area contributed by atoms with Crippen LogP contribution in [0.1, 0.15) is 5.56 Å². The number of hydrogen-bond acceptors (Lipinski definition) is 2. The van der Waals surface area contributed by atoms with Gasteiger partial charge in [0, 0.05) is 24.2 Å². The van der Waals surface area contributed by atoms with Crippen LogP contribution >= 0.6 is 15.9 Å². The first-order chi connectivity index (χ1) is 10.2. The topological polar surface area (TPSA) is 31.2 Å². The van der Waals surface area contributed by atoms with E-state index in [9.17, 15) is 4.79 Å². The first kappa shape index (κ1) is 13.9. The van der Waals surface area contributed by atoms with Crippen LogP contribution in [-0.2, 0) is 6.54 Å². The first-order valence-corrected chi connectivity index (χ1v) is 7.39. The molecule has 0 amide bonds. The molecule has 3 nitrogen and oxygen atoms in total.